The van der Waals surface area contributed by atoms with E-state index in [1.54, 1.807) is 6.26 Å². The van der Waals surface area contributed by atoms with Crippen LogP contribution < -0.4 is 4.90 Å². The molecule has 3 heterocycles. The van der Waals surface area contributed by atoms with Crippen molar-refractivity contribution in [3.05, 3.63) is 53.7 Å². The van der Waals surface area contributed by atoms with Gasteiger partial charge in [-0.2, -0.15) is 0 Å². The molecule has 0 aliphatic heterocycles. The number of furan rings is 1. The molecule has 0 saturated heterocycles. The zero-order valence-electron chi connectivity index (χ0n) is 11.6. The van der Waals surface area contributed by atoms with Gasteiger partial charge in [-0.3, -0.25) is 4.40 Å². The molecule has 5 heteroatoms. The van der Waals surface area contributed by atoms with Crippen LogP contribution in [0.1, 0.15) is 17.0 Å². The van der Waals surface area contributed by atoms with Crippen molar-refractivity contribution in [1.29, 1.82) is 0 Å². The first kappa shape index (κ1) is 12.7. The van der Waals surface area contributed by atoms with Crippen molar-refractivity contribution in [2.45, 2.75) is 20.1 Å². The largest absolute Gasteiger partial charge is 0.469 e. The number of aryl methyl sites for hydroxylation is 1. The number of aliphatic hydroxyl groups is 1. The van der Waals surface area contributed by atoms with E-state index in [1.165, 1.54) is 0 Å². The lowest BCUT2D eigenvalue weighted by molar-refractivity contribution is 0.276. The van der Waals surface area contributed by atoms with E-state index < -0.39 is 0 Å². The fourth-order valence-electron chi connectivity index (χ4n) is 2.39. The van der Waals surface area contributed by atoms with Crippen LogP contribution >= 0.6 is 0 Å². The molecule has 5 nitrogen and oxygen atoms in total. The van der Waals surface area contributed by atoms with Gasteiger partial charge in [-0.25, -0.2) is 4.98 Å². The Morgan fingerprint density at radius 2 is 2.20 bits per heavy atom. The van der Waals surface area contributed by atoms with Gasteiger partial charge in [0.25, 0.3) is 0 Å². The number of imidazole rings is 1. The summed E-state index contributed by atoms with van der Waals surface area (Å²) >= 11 is 0. The molecular weight excluding hydrogens is 254 g/mol. The Morgan fingerprint density at radius 3 is 2.90 bits per heavy atom. The fraction of sp³-hybridized carbons (Fsp3) is 0.267. The predicted molar refractivity (Wildman–Crippen MR) is 76.7 cm³/mol. The van der Waals surface area contributed by atoms with Gasteiger partial charge in [0, 0.05) is 25.4 Å². The third-order valence-electron chi connectivity index (χ3n) is 3.49. The third kappa shape index (κ3) is 2.06. The standard InChI is InChI=1S/C15H17N3O2/c1-11-12(6-8-20-11)9-17(2)15-13(10-19)18-7-4-3-5-14(18)16-15/h3-8,19H,9-10H2,1-2H3. The van der Waals surface area contributed by atoms with Crippen molar-refractivity contribution in [3.63, 3.8) is 0 Å². The van der Waals surface area contributed by atoms with Crippen LogP contribution in [0.5, 0.6) is 0 Å². The van der Waals surface area contributed by atoms with Gasteiger partial charge in [0.15, 0.2) is 5.82 Å². The average Bonchev–Trinajstić information content (AvgIpc) is 3.02. The smallest absolute Gasteiger partial charge is 0.153 e. The van der Waals surface area contributed by atoms with Crippen LogP contribution in [-0.4, -0.2) is 21.5 Å². The second-order valence-electron chi connectivity index (χ2n) is 4.83. The maximum Gasteiger partial charge on any atom is 0.153 e. The van der Waals surface area contributed by atoms with E-state index in [9.17, 15) is 5.11 Å². The van der Waals surface area contributed by atoms with E-state index in [1.807, 2.05) is 53.7 Å². The van der Waals surface area contributed by atoms with Crippen LogP contribution in [0.15, 0.2) is 41.1 Å². The molecule has 20 heavy (non-hydrogen) atoms. The van der Waals surface area contributed by atoms with Crippen molar-refractivity contribution < 1.29 is 9.52 Å². The maximum absolute atomic E-state index is 9.63. The van der Waals surface area contributed by atoms with E-state index >= 15 is 0 Å². The Labute approximate surface area is 117 Å². The molecule has 3 rings (SSSR count). The summed E-state index contributed by atoms with van der Waals surface area (Å²) in [5.74, 6) is 1.70. The number of fused-ring (bicyclic) bond motifs is 1. The summed E-state index contributed by atoms with van der Waals surface area (Å²) in [6.07, 6.45) is 3.60. The minimum atomic E-state index is -0.0464. The minimum Gasteiger partial charge on any atom is -0.469 e. The summed E-state index contributed by atoms with van der Waals surface area (Å²) < 4.78 is 7.23. The Morgan fingerprint density at radius 1 is 1.35 bits per heavy atom. The number of aromatic nitrogens is 2. The molecule has 104 valence electrons. The molecular formula is C15H17N3O2. The molecule has 3 aromatic rings. The lowest BCUT2D eigenvalue weighted by Crippen LogP contribution is -2.18. The SMILES string of the molecule is Cc1occc1CN(C)c1nc2ccccn2c1CO. The first-order chi connectivity index (χ1) is 9.70. The summed E-state index contributed by atoms with van der Waals surface area (Å²) in [4.78, 5) is 6.62. The highest BCUT2D eigenvalue weighted by atomic mass is 16.3. The number of aliphatic hydroxyl groups excluding tert-OH is 1. The van der Waals surface area contributed by atoms with E-state index in [-0.39, 0.29) is 6.61 Å². The van der Waals surface area contributed by atoms with Crippen LogP contribution in [0, 0.1) is 6.92 Å². The number of hydrogen-bond acceptors (Lipinski definition) is 4. The number of pyridine rings is 1. The normalized spacial score (nSPS) is 11.2. The molecule has 0 aromatic carbocycles. The molecule has 0 saturated carbocycles. The number of anilines is 1. The lowest BCUT2D eigenvalue weighted by atomic mass is 10.2. The monoisotopic (exact) mass is 271 g/mol. The van der Waals surface area contributed by atoms with Gasteiger partial charge in [-0.15, -0.1) is 0 Å². The summed E-state index contributed by atoms with van der Waals surface area (Å²) in [6, 6.07) is 7.76. The lowest BCUT2D eigenvalue weighted by Gasteiger charge is -2.17. The molecule has 3 aromatic heterocycles. The maximum atomic E-state index is 9.63. The van der Waals surface area contributed by atoms with Crippen LogP contribution in [0.4, 0.5) is 5.82 Å². The van der Waals surface area contributed by atoms with E-state index in [0.29, 0.717) is 6.54 Å². The molecule has 1 N–H and O–H groups in total. The Bertz CT molecular complexity index is 730. The van der Waals surface area contributed by atoms with Gasteiger partial charge < -0.3 is 14.4 Å². The Balaban J connectivity index is 1.98. The molecule has 0 bridgehead atoms. The molecule has 0 radical (unpaired) electrons. The molecule has 0 aliphatic rings. The highest BCUT2D eigenvalue weighted by Crippen LogP contribution is 2.23. The second-order valence-corrected chi connectivity index (χ2v) is 4.83. The van der Waals surface area contributed by atoms with Gasteiger partial charge >= 0.3 is 0 Å². The van der Waals surface area contributed by atoms with Crippen LogP contribution in [0.25, 0.3) is 5.65 Å². The zero-order valence-corrected chi connectivity index (χ0v) is 11.6. The van der Waals surface area contributed by atoms with Gasteiger partial charge in [-0.05, 0) is 25.1 Å². The molecule has 0 spiro atoms. The topological polar surface area (TPSA) is 53.9 Å². The fourth-order valence-corrected chi connectivity index (χ4v) is 2.39. The third-order valence-corrected chi connectivity index (χ3v) is 3.49. The first-order valence-electron chi connectivity index (χ1n) is 6.51. The van der Waals surface area contributed by atoms with Crippen molar-refractivity contribution in [1.82, 2.24) is 9.38 Å². The predicted octanol–water partition coefficient (Wildman–Crippen LogP) is 2.36. The Hall–Kier alpha value is -2.27. The van der Waals surface area contributed by atoms with E-state index in [0.717, 1.165) is 28.5 Å². The second kappa shape index (κ2) is 5.02. The summed E-state index contributed by atoms with van der Waals surface area (Å²) in [5.41, 5.74) is 2.75. The summed E-state index contributed by atoms with van der Waals surface area (Å²) in [6.45, 7) is 2.59. The van der Waals surface area contributed by atoms with E-state index in [4.69, 9.17) is 4.42 Å². The molecule has 0 unspecified atom stereocenters. The van der Waals surface area contributed by atoms with E-state index in [2.05, 4.69) is 4.98 Å². The van der Waals surface area contributed by atoms with Gasteiger partial charge in [0.1, 0.15) is 11.4 Å². The summed E-state index contributed by atoms with van der Waals surface area (Å²) in [5, 5.41) is 9.63. The van der Waals surface area contributed by atoms with Crippen LogP contribution in [-0.2, 0) is 13.2 Å². The molecule has 0 atom stereocenters. The van der Waals surface area contributed by atoms with Crippen molar-refractivity contribution >= 4 is 11.5 Å². The highest BCUT2D eigenvalue weighted by Gasteiger charge is 2.16. The zero-order chi connectivity index (χ0) is 14.1. The van der Waals surface area contributed by atoms with Crippen molar-refractivity contribution in [2.24, 2.45) is 0 Å². The molecule has 0 amide bonds. The van der Waals surface area contributed by atoms with Crippen LogP contribution in [0.3, 0.4) is 0 Å². The number of rotatable bonds is 4. The van der Waals surface area contributed by atoms with Crippen LogP contribution in [0.2, 0.25) is 0 Å². The average molecular weight is 271 g/mol. The van der Waals surface area contributed by atoms with Gasteiger partial charge in [0.05, 0.1) is 18.6 Å². The number of hydrogen-bond donors (Lipinski definition) is 1. The Kier molecular flexibility index (Phi) is 3.20. The van der Waals surface area contributed by atoms with Crippen molar-refractivity contribution in [3.8, 4) is 0 Å². The quantitative estimate of drug-likeness (QED) is 0.791. The molecule has 0 fully saturated rings. The summed E-state index contributed by atoms with van der Waals surface area (Å²) in [7, 11) is 1.97. The van der Waals surface area contributed by atoms with Gasteiger partial charge in [-0.1, -0.05) is 6.07 Å². The van der Waals surface area contributed by atoms with Gasteiger partial charge in [0.2, 0.25) is 0 Å². The molecule has 0 aliphatic carbocycles. The minimum absolute atomic E-state index is 0.0464. The first-order valence-corrected chi connectivity index (χ1v) is 6.51. The van der Waals surface area contributed by atoms with Crippen molar-refractivity contribution in [2.75, 3.05) is 11.9 Å². The highest BCUT2D eigenvalue weighted by molar-refractivity contribution is 5.55. The number of nitrogens with zero attached hydrogens (tertiary/aromatic N) is 3.